The highest BCUT2D eigenvalue weighted by molar-refractivity contribution is 5.95. The number of rotatable bonds is 7. The number of nitrogen functional groups attached to an aromatic ring is 1. The minimum atomic E-state index is -0.703. The van der Waals surface area contributed by atoms with Gasteiger partial charge in [0.1, 0.15) is 34.7 Å². The molecule has 0 saturated heterocycles. The number of ether oxygens (including phenoxy) is 1. The van der Waals surface area contributed by atoms with Crippen LogP contribution in [-0.4, -0.2) is 35.8 Å². The summed E-state index contributed by atoms with van der Waals surface area (Å²) in [4.78, 5) is 1.89. The first kappa shape index (κ1) is 18.7. The molecule has 2 rings (SSSR count). The zero-order valence-corrected chi connectivity index (χ0v) is 14.9. The number of amidine groups is 1. The van der Waals surface area contributed by atoms with E-state index in [1.54, 1.807) is 13.8 Å². The van der Waals surface area contributed by atoms with Crippen molar-refractivity contribution >= 4 is 11.7 Å². The van der Waals surface area contributed by atoms with E-state index >= 15 is 0 Å². The average Bonchev–Trinajstić information content (AvgIpc) is 2.87. The Morgan fingerprint density at radius 2 is 1.92 bits per heavy atom. The number of aromatic nitrogens is 2. The highest BCUT2D eigenvalue weighted by Gasteiger charge is 2.21. The van der Waals surface area contributed by atoms with Crippen molar-refractivity contribution < 1.29 is 13.5 Å². The van der Waals surface area contributed by atoms with E-state index in [-0.39, 0.29) is 23.7 Å². The molecule has 25 heavy (non-hydrogen) atoms. The van der Waals surface area contributed by atoms with E-state index in [1.165, 1.54) is 4.68 Å². The van der Waals surface area contributed by atoms with Gasteiger partial charge in [-0.25, -0.2) is 13.5 Å². The number of halogens is 2. The smallest absolute Gasteiger partial charge is 0.144 e. The molecule has 0 aliphatic rings. The van der Waals surface area contributed by atoms with Crippen LogP contribution in [-0.2, 0) is 6.54 Å². The lowest BCUT2D eigenvalue weighted by Gasteiger charge is -2.20. The predicted octanol–water partition coefficient (Wildman–Crippen LogP) is 2.66. The van der Waals surface area contributed by atoms with Gasteiger partial charge in [-0.1, -0.05) is 0 Å². The molecule has 0 fully saturated rings. The van der Waals surface area contributed by atoms with Gasteiger partial charge in [-0.3, -0.25) is 5.41 Å². The number of nitrogens with two attached hydrogens (primary N) is 1. The van der Waals surface area contributed by atoms with Crippen molar-refractivity contribution in [3.8, 4) is 5.75 Å². The maximum Gasteiger partial charge on any atom is 0.144 e. The highest BCUT2D eigenvalue weighted by Crippen LogP contribution is 2.26. The van der Waals surface area contributed by atoms with E-state index < -0.39 is 11.6 Å². The maximum atomic E-state index is 14.4. The summed E-state index contributed by atoms with van der Waals surface area (Å²) in [6, 6.07) is 2.32. The Hall–Kier alpha value is -2.64. The monoisotopic (exact) mass is 351 g/mol. The number of nitrogens with one attached hydrogen (secondary N) is 1. The van der Waals surface area contributed by atoms with E-state index in [0.29, 0.717) is 30.2 Å². The topological polar surface area (TPSA) is 80.2 Å². The molecule has 0 saturated carbocycles. The largest absolute Gasteiger partial charge is 0.494 e. The van der Waals surface area contributed by atoms with Gasteiger partial charge in [0.15, 0.2) is 0 Å². The minimum absolute atomic E-state index is 0.113. The molecule has 0 unspecified atom stereocenters. The summed E-state index contributed by atoms with van der Waals surface area (Å²) >= 11 is 0. The molecule has 0 atom stereocenters. The van der Waals surface area contributed by atoms with Crippen LogP contribution >= 0.6 is 0 Å². The van der Waals surface area contributed by atoms with E-state index in [1.807, 2.05) is 18.9 Å². The fourth-order valence-corrected chi connectivity index (χ4v) is 2.67. The van der Waals surface area contributed by atoms with Crippen molar-refractivity contribution in [1.29, 1.82) is 5.41 Å². The Morgan fingerprint density at radius 1 is 1.32 bits per heavy atom. The highest BCUT2D eigenvalue weighted by atomic mass is 19.1. The molecule has 1 heterocycles. The molecule has 1 aromatic heterocycles. The Labute approximate surface area is 145 Å². The number of nitrogens with zero attached hydrogens (tertiary/aromatic N) is 3. The molecule has 0 bridgehead atoms. The molecule has 1 aromatic carbocycles. The van der Waals surface area contributed by atoms with Gasteiger partial charge < -0.3 is 15.4 Å². The summed E-state index contributed by atoms with van der Waals surface area (Å²) in [6.45, 7) is 6.35. The summed E-state index contributed by atoms with van der Waals surface area (Å²) in [5.74, 6) is -0.777. The molecular weight excluding hydrogens is 328 g/mol. The number of anilines is 1. The van der Waals surface area contributed by atoms with Gasteiger partial charge in [0.25, 0.3) is 0 Å². The first-order valence-corrected chi connectivity index (χ1v) is 8.03. The molecule has 0 radical (unpaired) electrons. The predicted molar refractivity (Wildman–Crippen MR) is 93.6 cm³/mol. The fraction of sp³-hybridized carbons (Fsp3) is 0.412. The van der Waals surface area contributed by atoms with E-state index in [0.717, 1.165) is 12.1 Å². The third kappa shape index (κ3) is 3.72. The SMILES string of the molecule is CCOc1cc(F)c(Cn2nc(C(=N)N)c(C)c2N(C)CC)c(F)c1. The second kappa shape index (κ2) is 7.50. The first-order chi connectivity index (χ1) is 11.8. The summed E-state index contributed by atoms with van der Waals surface area (Å²) < 4.78 is 35.3. The summed E-state index contributed by atoms with van der Waals surface area (Å²) in [5.41, 5.74) is 6.46. The molecule has 2 aromatic rings. The third-order valence-corrected chi connectivity index (χ3v) is 3.98. The van der Waals surface area contributed by atoms with Crippen LogP contribution in [0.25, 0.3) is 0 Å². The van der Waals surface area contributed by atoms with Crippen LogP contribution in [0.3, 0.4) is 0 Å². The molecule has 0 aliphatic heterocycles. The molecule has 0 aliphatic carbocycles. The normalized spacial score (nSPS) is 10.8. The third-order valence-electron chi connectivity index (χ3n) is 3.98. The second-order valence-electron chi connectivity index (χ2n) is 5.68. The molecular formula is C17H23F2N5O. The maximum absolute atomic E-state index is 14.4. The van der Waals surface area contributed by atoms with Crippen molar-refractivity contribution in [2.75, 3.05) is 25.1 Å². The number of hydrogen-bond donors (Lipinski definition) is 2. The van der Waals surface area contributed by atoms with Crippen LogP contribution in [0, 0.1) is 24.0 Å². The van der Waals surface area contributed by atoms with Crippen molar-refractivity contribution in [2.24, 2.45) is 5.73 Å². The van der Waals surface area contributed by atoms with Crippen molar-refractivity contribution in [2.45, 2.75) is 27.3 Å². The molecule has 8 heteroatoms. The standard InChI is InChI=1S/C17H23F2N5O/c1-5-23(4)17-10(3)15(16(20)21)22-24(17)9-12-13(18)7-11(25-6-2)8-14(12)19/h7-8H,5-6,9H2,1-4H3,(H3,20,21). The molecule has 136 valence electrons. The van der Waals surface area contributed by atoms with E-state index in [2.05, 4.69) is 5.10 Å². The lowest BCUT2D eigenvalue weighted by molar-refractivity contribution is 0.335. The molecule has 3 N–H and O–H groups in total. The lowest BCUT2D eigenvalue weighted by atomic mass is 10.2. The van der Waals surface area contributed by atoms with Gasteiger partial charge >= 0.3 is 0 Å². The van der Waals surface area contributed by atoms with Crippen LogP contribution in [0.5, 0.6) is 5.75 Å². The minimum Gasteiger partial charge on any atom is -0.494 e. The number of hydrogen-bond acceptors (Lipinski definition) is 4. The van der Waals surface area contributed by atoms with Crippen molar-refractivity contribution in [3.63, 3.8) is 0 Å². The zero-order chi connectivity index (χ0) is 18.7. The fourth-order valence-electron chi connectivity index (χ4n) is 2.67. The lowest BCUT2D eigenvalue weighted by Crippen LogP contribution is -2.22. The van der Waals surface area contributed by atoms with Crippen LogP contribution in [0.2, 0.25) is 0 Å². The van der Waals surface area contributed by atoms with Gasteiger partial charge in [-0.15, -0.1) is 0 Å². The first-order valence-electron chi connectivity index (χ1n) is 8.03. The molecule has 0 amide bonds. The zero-order valence-electron chi connectivity index (χ0n) is 14.9. The second-order valence-corrected chi connectivity index (χ2v) is 5.68. The molecule has 0 spiro atoms. The van der Waals surface area contributed by atoms with Gasteiger partial charge in [0.2, 0.25) is 0 Å². The van der Waals surface area contributed by atoms with Gasteiger partial charge in [-0.2, -0.15) is 5.10 Å². The van der Waals surface area contributed by atoms with E-state index in [4.69, 9.17) is 15.9 Å². The molecule has 6 nitrogen and oxygen atoms in total. The van der Waals surface area contributed by atoms with Gasteiger partial charge in [0, 0.05) is 36.9 Å². The quantitative estimate of drug-likeness (QED) is 0.594. The Bertz CT molecular complexity index is 765. The van der Waals surface area contributed by atoms with Gasteiger partial charge in [-0.05, 0) is 20.8 Å². The average molecular weight is 351 g/mol. The van der Waals surface area contributed by atoms with Crippen molar-refractivity contribution in [3.05, 3.63) is 40.6 Å². The van der Waals surface area contributed by atoms with Gasteiger partial charge in [0.05, 0.1) is 13.2 Å². The van der Waals surface area contributed by atoms with Crippen LogP contribution < -0.4 is 15.4 Å². The van der Waals surface area contributed by atoms with Crippen LogP contribution in [0.4, 0.5) is 14.6 Å². The van der Waals surface area contributed by atoms with Crippen molar-refractivity contribution in [1.82, 2.24) is 9.78 Å². The van der Waals surface area contributed by atoms with Crippen LogP contribution in [0.1, 0.15) is 30.7 Å². The Kier molecular flexibility index (Phi) is 5.61. The van der Waals surface area contributed by atoms with E-state index in [9.17, 15) is 8.78 Å². The Balaban J connectivity index is 2.50. The summed E-state index contributed by atoms with van der Waals surface area (Å²) in [6.07, 6.45) is 0. The summed E-state index contributed by atoms with van der Waals surface area (Å²) in [5, 5.41) is 11.9. The van der Waals surface area contributed by atoms with Crippen LogP contribution in [0.15, 0.2) is 12.1 Å². The number of benzene rings is 1. The summed E-state index contributed by atoms with van der Waals surface area (Å²) in [7, 11) is 1.84. The Morgan fingerprint density at radius 3 is 2.40 bits per heavy atom.